The highest BCUT2D eigenvalue weighted by Gasteiger charge is 2.42. The highest BCUT2D eigenvalue weighted by molar-refractivity contribution is 5.93. The predicted octanol–water partition coefficient (Wildman–Crippen LogP) is 3.45. The Morgan fingerprint density at radius 3 is 2.51 bits per heavy atom. The summed E-state index contributed by atoms with van der Waals surface area (Å²) in [6.45, 7) is 3.12. The molecule has 0 saturated carbocycles. The third-order valence-electron chi connectivity index (χ3n) is 8.10. The highest BCUT2D eigenvalue weighted by Crippen LogP contribution is 2.44. The maximum absolute atomic E-state index is 13.6. The third-order valence-corrected chi connectivity index (χ3v) is 8.10. The van der Waals surface area contributed by atoms with Gasteiger partial charge in [-0.2, -0.15) is 18.4 Å². The molecular weight excluding hydrogens is 597 g/mol. The van der Waals surface area contributed by atoms with Gasteiger partial charge in [-0.15, -0.1) is 5.10 Å². The van der Waals surface area contributed by atoms with E-state index >= 15 is 0 Å². The van der Waals surface area contributed by atoms with Crippen LogP contribution in [0, 0.1) is 11.3 Å². The van der Waals surface area contributed by atoms with Gasteiger partial charge in [-0.05, 0) is 42.8 Å². The van der Waals surface area contributed by atoms with Gasteiger partial charge in [-0.1, -0.05) is 12.1 Å². The molecule has 2 aliphatic rings. The maximum Gasteiger partial charge on any atom is 0.416 e. The number of rotatable bonds is 5. The molecule has 45 heavy (non-hydrogen) atoms. The number of alkyl halides is 3. The summed E-state index contributed by atoms with van der Waals surface area (Å²) in [6.07, 6.45) is -3.79. The molecule has 1 saturated heterocycles. The first-order valence-corrected chi connectivity index (χ1v) is 13.8. The molecule has 1 aromatic heterocycles. The van der Waals surface area contributed by atoms with Gasteiger partial charge in [0.1, 0.15) is 12.6 Å². The summed E-state index contributed by atoms with van der Waals surface area (Å²) >= 11 is 0. The van der Waals surface area contributed by atoms with E-state index in [1.54, 1.807) is 25.1 Å². The van der Waals surface area contributed by atoms with E-state index in [1.807, 2.05) is 7.05 Å². The smallest absolute Gasteiger partial charge is 0.416 e. The van der Waals surface area contributed by atoms with E-state index in [0.717, 1.165) is 12.1 Å². The predicted molar refractivity (Wildman–Crippen MR) is 154 cm³/mol. The number of esters is 1. The average Bonchev–Trinajstić information content (AvgIpc) is 3.38. The molecule has 0 bridgehead atoms. The molecule has 0 spiro atoms. The standard InChI is InChI=1S/C29H29F3N6O4.CH2O2/c1-17-24(26(40)42-3)25(23-8-7-18(15-33)13-19(23)16-38(2)11-9-22(39)10-12-38)37-27(34-35-28(37)41)36(17)21-6-4-5-20(14-21)29(30,31)32;2-1-3/h4-8,13-14,22,25,39H,9-12,16H2,1-3H3;1H,(H,2,3)/p+1/t22?,25-,38?;/m1./s1. The number of quaternary nitrogens is 1. The number of nitrogens with zero attached hydrogens (tertiary/aromatic N) is 5. The number of methoxy groups -OCH3 is 1. The minimum absolute atomic E-state index is 0.00808. The van der Waals surface area contributed by atoms with Gasteiger partial charge in [0, 0.05) is 29.8 Å². The third kappa shape index (κ3) is 6.61. The molecule has 238 valence electrons. The summed E-state index contributed by atoms with van der Waals surface area (Å²) in [4.78, 5) is 36.4. The number of carboxylic acid groups (broad SMARTS) is 1. The number of hydrogen-bond donors (Lipinski definition) is 3. The lowest BCUT2D eigenvalue weighted by atomic mass is 9.89. The highest BCUT2D eigenvalue weighted by atomic mass is 19.4. The number of likely N-dealkylation sites (tertiary alicyclic amines) is 1. The number of anilines is 2. The molecule has 3 N–H and O–H groups in total. The van der Waals surface area contributed by atoms with Crippen LogP contribution in [0.3, 0.4) is 0 Å². The normalized spacial score (nSPS) is 21.2. The van der Waals surface area contributed by atoms with Crippen LogP contribution in [-0.4, -0.2) is 75.3 Å². The van der Waals surface area contributed by atoms with Crippen molar-refractivity contribution in [3.05, 3.63) is 86.5 Å². The molecule has 0 unspecified atom stereocenters. The first-order chi connectivity index (χ1) is 21.3. The number of aliphatic hydroxyl groups is 1. The van der Waals surface area contributed by atoms with Crippen molar-refractivity contribution in [2.75, 3.05) is 32.1 Å². The Labute approximate surface area is 255 Å². The average molecular weight is 630 g/mol. The Hall–Kier alpha value is -4.94. The minimum Gasteiger partial charge on any atom is -0.483 e. The van der Waals surface area contributed by atoms with Crippen molar-refractivity contribution < 1.29 is 42.2 Å². The fourth-order valence-electron chi connectivity index (χ4n) is 5.90. The van der Waals surface area contributed by atoms with Gasteiger partial charge < -0.3 is 19.4 Å². The van der Waals surface area contributed by atoms with Crippen LogP contribution in [0.1, 0.15) is 48.1 Å². The van der Waals surface area contributed by atoms with E-state index in [2.05, 4.69) is 16.3 Å². The van der Waals surface area contributed by atoms with Crippen molar-refractivity contribution in [2.45, 2.75) is 44.6 Å². The quantitative estimate of drug-likeness (QED) is 0.218. The first kappa shape index (κ1) is 33.0. The number of aromatic nitrogens is 3. The number of fused-ring (bicyclic) bond motifs is 1. The Balaban J connectivity index is 0.00000148. The van der Waals surface area contributed by atoms with Gasteiger partial charge in [0.15, 0.2) is 0 Å². The van der Waals surface area contributed by atoms with Crippen LogP contribution in [0.25, 0.3) is 0 Å². The number of aliphatic hydroxyl groups excluding tert-OH is 1. The molecule has 3 aromatic rings. The number of nitrogens with one attached hydrogen (secondary N) is 1. The molecule has 0 radical (unpaired) electrons. The number of ether oxygens (including phenoxy) is 1. The van der Waals surface area contributed by atoms with E-state index in [1.165, 1.54) is 28.7 Å². The van der Waals surface area contributed by atoms with Crippen molar-refractivity contribution in [1.82, 2.24) is 14.8 Å². The zero-order valence-electron chi connectivity index (χ0n) is 24.7. The number of piperidine rings is 1. The van der Waals surface area contributed by atoms with Gasteiger partial charge >= 0.3 is 17.8 Å². The van der Waals surface area contributed by atoms with Crippen molar-refractivity contribution in [1.29, 1.82) is 5.26 Å². The Morgan fingerprint density at radius 1 is 1.24 bits per heavy atom. The minimum atomic E-state index is -4.62. The molecule has 15 heteroatoms. The number of benzene rings is 2. The Kier molecular flexibility index (Phi) is 9.50. The monoisotopic (exact) mass is 629 g/mol. The van der Waals surface area contributed by atoms with Gasteiger partial charge in [-0.25, -0.2) is 19.3 Å². The lowest BCUT2D eigenvalue weighted by Gasteiger charge is -2.41. The fourth-order valence-corrected chi connectivity index (χ4v) is 5.90. The SMILES string of the molecule is COC(=O)C1=C(C)N(c2cccc(C(F)(F)F)c2)c2n[nH]c(=O)n2[C@@H]1c1ccc(C#N)cc1C[N+]1(C)CCC(O)CC1.O=CO. The molecule has 1 fully saturated rings. The number of carbonyl (C=O) groups is 2. The van der Waals surface area contributed by atoms with Crippen LogP contribution in [0.4, 0.5) is 24.8 Å². The summed E-state index contributed by atoms with van der Waals surface area (Å²) in [6, 6.07) is 10.6. The number of hydrogen-bond acceptors (Lipinski definition) is 8. The summed E-state index contributed by atoms with van der Waals surface area (Å²) in [5, 5.41) is 33.2. The summed E-state index contributed by atoms with van der Waals surface area (Å²) in [5.41, 5.74) is 0.371. The van der Waals surface area contributed by atoms with E-state index < -0.39 is 29.4 Å². The topological polar surface area (TPSA) is 162 Å². The molecule has 0 amide bonds. The van der Waals surface area contributed by atoms with E-state index in [0.29, 0.717) is 53.6 Å². The summed E-state index contributed by atoms with van der Waals surface area (Å²) in [7, 11) is 3.23. The molecule has 3 heterocycles. The van der Waals surface area contributed by atoms with E-state index in [9.17, 15) is 33.1 Å². The van der Waals surface area contributed by atoms with Crippen LogP contribution in [0.5, 0.6) is 0 Å². The van der Waals surface area contributed by atoms with Crippen LogP contribution >= 0.6 is 0 Å². The fraction of sp³-hybridized carbons (Fsp3) is 0.367. The second-order valence-electron chi connectivity index (χ2n) is 11.1. The number of allylic oxidation sites excluding steroid dienone is 1. The molecule has 2 aromatic carbocycles. The number of halogens is 3. The second kappa shape index (κ2) is 13.0. The van der Waals surface area contributed by atoms with Gasteiger partial charge in [0.05, 0.1) is 56.1 Å². The van der Waals surface area contributed by atoms with Crippen LogP contribution in [0.15, 0.2) is 58.5 Å². The van der Waals surface area contributed by atoms with Gasteiger partial charge in [-0.3, -0.25) is 9.69 Å². The van der Waals surface area contributed by atoms with Crippen molar-refractivity contribution >= 4 is 24.1 Å². The number of carbonyl (C=O) groups excluding carboxylic acids is 1. The van der Waals surface area contributed by atoms with Gasteiger partial charge in [0.25, 0.3) is 6.47 Å². The van der Waals surface area contributed by atoms with Gasteiger partial charge in [0.2, 0.25) is 5.95 Å². The molecule has 1 atom stereocenters. The van der Waals surface area contributed by atoms with Crippen LogP contribution < -0.4 is 10.6 Å². The lowest BCUT2D eigenvalue weighted by Crippen LogP contribution is -2.50. The molecule has 5 rings (SSSR count). The van der Waals surface area contributed by atoms with Crippen LogP contribution in [0.2, 0.25) is 0 Å². The number of aromatic amines is 1. The van der Waals surface area contributed by atoms with Crippen molar-refractivity contribution in [3.8, 4) is 6.07 Å². The second-order valence-corrected chi connectivity index (χ2v) is 11.1. The largest absolute Gasteiger partial charge is 0.483 e. The Bertz CT molecular complexity index is 1720. The molecule has 2 aliphatic heterocycles. The molecule has 0 aliphatic carbocycles. The van der Waals surface area contributed by atoms with E-state index in [-0.39, 0.29) is 35.5 Å². The maximum atomic E-state index is 13.6. The molecule has 12 nitrogen and oxygen atoms in total. The Morgan fingerprint density at radius 2 is 1.91 bits per heavy atom. The summed E-state index contributed by atoms with van der Waals surface area (Å²) in [5.74, 6) is -0.781. The zero-order chi connectivity index (χ0) is 33.1. The first-order valence-electron chi connectivity index (χ1n) is 13.8. The molecular formula is C30H32F3N6O6+. The number of H-pyrrole nitrogens is 1. The van der Waals surface area contributed by atoms with Crippen molar-refractivity contribution in [2.24, 2.45) is 0 Å². The zero-order valence-corrected chi connectivity index (χ0v) is 24.7. The van der Waals surface area contributed by atoms with E-state index in [4.69, 9.17) is 14.6 Å². The number of nitriles is 1. The van der Waals surface area contributed by atoms with Crippen molar-refractivity contribution in [3.63, 3.8) is 0 Å². The lowest BCUT2D eigenvalue weighted by molar-refractivity contribution is -0.928. The summed E-state index contributed by atoms with van der Waals surface area (Å²) < 4.78 is 47.7. The van der Waals surface area contributed by atoms with Crippen LogP contribution in [-0.2, 0) is 27.0 Å².